The molecule has 11 nitrogen and oxygen atoms in total. The number of oxazole rings is 1. The van der Waals surface area contributed by atoms with Crippen molar-refractivity contribution in [3.05, 3.63) is 74.3 Å². The molecule has 0 radical (unpaired) electrons. The molecule has 1 atom stereocenters. The standard InChI is InChI=1S/C32H39N3O8S/c1-5-6-14-41-19-21-9-7-8-10-23(21)24(43-22-11-15-40-16-12-22)18-34-29-25(20(2)26(44-29)27-33-13-17-42-27)28(36)35(31(34)39)32(3,4)30(37)38/h7-10,13,17,22,24H,5-6,11-12,14-16,18-19H2,1-4H3,(H,37,38)/t24-/m0/s1. The summed E-state index contributed by atoms with van der Waals surface area (Å²) >= 11 is 1.22. The van der Waals surface area contributed by atoms with Crippen molar-refractivity contribution in [2.75, 3.05) is 19.8 Å². The number of ether oxygens (including phenoxy) is 3. The van der Waals surface area contributed by atoms with E-state index in [1.165, 1.54) is 42.2 Å². The predicted octanol–water partition coefficient (Wildman–Crippen LogP) is 5.26. The van der Waals surface area contributed by atoms with Gasteiger partial charge in [-0.3, -0.25) is 9.36 Å². The molecule has 4 aromatic rings. The van der Waals surface area contributed by atoms with Crippen LogP contribution >= 0.6 is 11.3 Å². The van der Waals surface area contributed by atoms with Gasteiger partial charge in [0.05, 0.1) is 35.7 Å². The minimum absolute atomic E-state index is 0.0413. The van der Waals surface area contributed by atoms with E-state index >= 15 is 0 Å². The molecule has 4 heterocycles. The van der Waals surface area contributed by atoms with Crippen molar-refractivity contribution < 1.29 is 28.5 Å². The zero-order valence-corrected chi connectivity index (χ0v) is 26.4. The van der Waals surface area contributed by atoms with Gasteiger partial charge in [0.25, 0.3) is 5.56 Å². The fourth-order valence-electron chi connectivity index (χ4n) is 5.47. The van der Waals surface area contributed by atoms with E-state index in [1.807, 2.05) is 24.3 Å². The topological polar surface area (TPSA) is 135 Å². The number of thiophene rings is 1. The molecular formula is C32H39N3O8S. The molecule has 0 bridgehead atoms. The van der Waals surface area contributed by atoms with Gasteiger partial charge in [-0.1, -0.05) is 37.6 Å². The number of fused-ring (bicyclic) bond motifs is 1. The molecule has 236 valence electrons. The van der Waals surface area contributed by atoms with Crippen LogP contribution in [0.15, 0.2) is 50.7 Å². The Labute approximate surface area is 259 Å². The number of unbranched alkanes of at least 4 members (excludes halogenated alkanes) is 1. The summed E-state index contributed by atoms with van der Waals surface area (Å²) in [5.74, 6) is -0.983. The summed E-state index contributed by atoms with van der Waals surface area (Å²) < 4.78 is 26.1. The maximum Gasteiger partial charge on any atom is 0.333 e. The van der Waals surface area contributed by atoms with Crippen molar-refractivity contribution in [1.82, 2.24) is 14.1 Å². The van der Waals surface area contributed by atoms with Crippen LogP contribution in [0.25, 0.3) is 21.0 Å². The van der Waals surface area contributed by atoms with Crippen LogP contribution < -0.4 is 11.2 Å². The third-order valence-corrected chi connectivity index (χ3v) is 9.40. The van der Waals surface area contributed by atoms with Gasteiger partial charge in [-0.2, -0.15) is 0 Å². The molecule has 3 aromatic heterocycles. The van der Waals surface area contributed by atoms with Crippen LogP contribution in [0.2, 0.25) is 0 Å². The highest BCUT2D eigenvalue weighted by molar-refractivity contribution is 7.22. The predicted molar refractivity (Wildman–Crippen MR) is 166 cm³/mol. The van der Waals surface area contributed by atoms with Crippen LogP contribution in [0, 0.1) is 6.92 Å². The van der Waals surface area contributed by atoms with Gasteiger partial charge >= 0.3 is 11.7 Å². The van der Waals surface area contributed by atoms with Crippen molar-refractivity contribution in [2.24, 2.45) is 0 Å². The number of aliphatic carboxylic acids is 1. The van der Waals surface area contributed by atoms with Gasteiger partial charge in [-0.15, -0.1) is 11.3 Å². The summed E-state index contributed by atoms with van der Waals surface area (Å²) in [6.45, 7) is 8.77. The molecule has 1 aliphatic rings. The molecule has 1 aromatic carbocycles. The summed E-state index contributed by atoms with van der Waals surface area (Å²) in [6, 6.07) is 7.83. The van der Waals surface area contributed by atoms with Crippen LogP contribution in [0.4, 0.5) is 0 Å². The molecule has 12 heteroatoms. The van der Waals surface area contributed by atoms with Gasteiger partial charge in [0.1, 0.15) is 22.7 Å². The van der Waals surface area contributed by atoms with Crippen LogP contribution in [-0.2, 0) is 37.7 Å². The molecule has 0 aliphatic carbocycles. The van der Waals surface area contributed by atoms with Crippen molar-refractivity contribution in [3.63, 3.8) is 0 Å². The van der Waals surface area contributed by atoms with Crippen LogP contribution in [0.5, 0.6) is 0 Å². The normalized spacial score (nSPS) is 15.2. The first kappa shape index (κ1) is 31.8. The fourth-order valence-corrected chi connectivity index (χ4v) is 6.71. The first-order valence-corrected chi connectivity index (χ1v) is 15.8. The van der Waals surface area contributed by atoms with Gasteiger partial charge < -0.3 is 23.7 Å². The molecular weight excluding hydrogens is 586 g/mol. The summed E-state index contributed by atoms with van der Waals surface area (Å²) in [4.78, 5) is 45.8. The SMILES string of the molecule is CCCCOCc1ccccc1[C@H](Cn1c(=O)n(C(C)(C)C(=O)O)c(=O)c2c(C)c(-c3ncco3)sc21)OC1CCOCC1. The number of nitrogens with zero attached hydrogens (tertiary/aromatic N) is 3. The second kappa shape index (κ2) is 13.6. The number of rotatable bonds is 13. The van der Waals surface area contributed by atoms with Crippen molar-refractivity contribution in [1.29, 1.82) is 0 Å². The van der Waals surface area contributed by atoms with E-state index in [2.05, 4.69) is 11.9 Å². The number of aryl methyl sites for hydroxylation is 1. The Kier molecular flexibility index (Phi) is 9.84. The van der Waals surface area contributed by atoms with Crippen molar-refractivity contribution in [2.45, 2.75) is 84.3 Å². The largest absolute Gasteiger partial charge is 0.480 e. The van der Waals surface area contributed by atoms with Gasteiger partial charge in [-0.25, -0.2) is 19.1 Å². The average molecular weight is 626 g/mol. The molecule has 1 fully saturated rings. The molecule has 1 aliphatic heterocycles. The summed E-state index contributed by atoms with van der Waals surface area (Å²) in [5.41, 5.74) is -0.852. The van der Waals surface area contributed by atoms with Gasteiger partial charge in [0.15, 0.2) is 0 Å². The van der Waals surface area contributed by atoms with Crippen molar-refractivity contribution >= 4 is 27.5 Å². The lowest BCUT2D eigenvalue weighted by atomic mass is 10.0. The number of hydrogen-bond acceptors (Lipinski definition) is 9. The third-order valence-electron chi connectivity index (χ3n) is 8.10. The average Bonchev–Trinajstić information content (AvgIpc) is 3.66. The Hall–Kier alpha value is -3.58. The third kappa shape index (κ3) is 6.30. The Morgan fingerprint density at radius 2 is 1.98 bits per heavy atom. The first-order chi connectivity index (χ1) is 21.1. The zero-order valence-electron chi connectivity index (χ0n) is 25.5. The highest BCUT2D eigenvalue weighted by Crippen LogP contribution is 2.37. The molecule has 5 rings (SSSR count). The number of hydrogen-bond donors (Lipinski definition) is 1. The molecule has 0 spiro atoms. The fraction of sp³-hybridized carbons (Fsp3) is 0.500. The highest BCUT2D eigenvalue weighted by atomic mass is 32.1. The Bertz CT molecular complexity index is 1710. The molecule has 1 saturated heterocycles. The number of carboxylic acid groups (broad SMARTS) is 1. The van der Waals surface area contributed by atoms with Gasteiger partial charge in [-0.05, 0) is 56.7 Å². The quantitative estimate of drug-likeness (QED) is 0.197. The van der Waals surface area contributed by atoms with E-state index in [9.17, 15) is 19.5 Å². The Morgan fingerprint density at radius 1 is 1.23 bits per heavy atom. The molecule has 0 unspecified atom stereocenters. The van der Waals surface area contributed by atoms with E-state index in [4.69, 9.17) is 18.6 Å². The number of carbonyl (C=O) groups is 1. The van der Waals surface area contributed by atoms with Gasteiger partial charge in [0, 0.05) is 19.8 Å². The monoisotopic (exact) mass is 625 g/mol. The van der Waals surface area contributed by atoms with Crippen LogP contribution in [0.3, 0.4) is 0 Å². The number of carboxylic acids is 1. The van der Waals surface area contributed by atoms with Crippen molar-refractivity contribution in [3.8, 4) is 10.8 Å². The lowest BCUT2D eigenvalue weighted by molar-refractivity contribution is -0.146. The number of aromatic nitrogens is 3. The minimum atomic E-state index is -1.82. The smallest absolute Gasteiger partial charge is 0.333 e. The zero-order chi connectivity index (χ0) is 31.4. The summed E-state index contributed by atoms with van der Waals surface area (Å²) in [7, 11) is 0. The summed E-state index contributed by atoms with van der Waals surface area (Å²) in [5, 5.41) is 10.3. The lowest BCUT2D eigenvalue weighted by Crippen LogP contribution is -2.52. The molecule has 44 heavy (non-hydrogen) atoms. The maximum absolute atomic E-state index is 14.3. The first-order valence-electron chi connectivity index (χ1n) is 15.0. The highest BCUT2D eigenvalue weighted by Gasteiger charge is 2.36. The van der Waals surface area contributed by atoms with Crippen LogP contribution in [-0.4, -0.2) is 51.1 Å². The molecule has 0 amide bonds. The minimum Gasteiger partial charge on any atom is -0.480 e. The van der Waals surface area contributed by atoms with E-state index in [-0.39, 0.29) is 18.0 Å². The number of benzene rings is 1. The second-order valence-electron chi connectivity index (χ2n) is 11.5. The Morgan fingerprint density at radius 3 is 2.66 bits per heavy atom. The summed E-state index contributed by atoms with van der Waals surface area (Å²) in [6.07, 6.45) is 5.61. The van der Waals surface area contributed by atoms with E-state index in [0.29, 0.717) is 60.4 Å². The van der Waals surface area contributed by atoms with Crippen LogP contribution in [0.1, 0.15) is 69.2 Å². The lowest BCUT2D eigenvalue weighted by Gasteiger charge is -2.30. The maximum atomic E-state index is 14.3. The van der Waals surface area contributed by atoms with E-state index in [0.717, 1.165) is 28.5 Å². The molecule has 1 N–H and O–H groups in total. The second-order valence-corrected chi connectivity index (χ2v) is 12.5. The Balaban J connectivity index is 1.70. The molecule has 0 saturated carbocycles. The van der Waals surface area contributed by atoms with E-state index in [1.54, 1.807) is 6.92 Å². The van der Waals surface area contributed by atoms with Gasteiger partial charge in [0.2, 0.25) is 5.89 Å². The van der Waals surface area contributed by atoms with E-state index < -0.39 is 28.9 Å².